The molecule has 0 radical (unpaired) electrons. The molecule has 1 aliphatic heterocycles. The molecular formula is C12H19NO3. The van der Waals surface area contributed by atoms with Gasteiger partial charge >= 0.3 is 0 Å². The van der Waals surface area contributed by atoms with Gasteiger partial charge < -0.3 is 4.74 Å². The van der Waals surface area contributed by atoms with Crippen molar-refractivity contribution in [3.8, 4) is 0 Å². The lowest BCUT2D eigenvalue weighted by Gasteiger charge is -2.21. The van der Waals surface area contributed by atoms with E-state index in [1.54, 1.807) is 6.92 Å². The van der Waals surface area contributed by atoms with Crippen LogP contribution in [-0.2, 0) is 4.74 Å². The number of nitro groups is 1. The second kappa shape index (κ2) is 5.28. The highest BCUT2D eigenvalue weighted by Crippen LogP contribution is 2.35. The van der Waals surface area contributed by atoms with Gasteiger partial charge in [0.1, 0.15) is 6.10 Å². The molecule has 0 N–H and O–H groups in total. The van der Waals surface area contributed by atoms with Gasteiger partial charge in [0.25, 0.3) is 5.54 Å². The van der Waals surface area contributed by atoms with Gasteiger partial charge in [0.15, 0.2) is 0 Å². The van der Waals surface area contributed by atoms with Crippen LogP contribution in [0.25, 0.3) is 0 Å². The predicted molar refractivity (Wildman–Crippen MR) is 61.9 cm³/mol. The maximum atomic E-state index is 11.2. The summed E-state index contributed by atoms with van der Waals surface area (Å²) >= 11 is 0. The smallest absolute Gasteiger partial charge is 0.275 e. The minimum atomic E-state index is -1.13. The number of hydrogen-bond donors (Lipinski definition) is 0. The van der Waals surface area contributed by atoms with Crippen LogP contribution in [-0.4, -0.2) is 23.2 Å². The van der Waals surface area contributed by atoms with E-state index in [9.17, 15) is 10.1 Å². The summed E-state index contributed by atoms with van der Waals surface area (Å²) in [4.78, 5) is 10.9. The van der Waals surface area contributed by atoms with Crippen LogP contribution in [0.4, 0.5) is 0 Å². The summed E-state index contributed by atoms with van der Waals surface area (Å²) < 4.78 is 5.50. The van der Waals surface area contributed by atoms with Crippen LogP contribution in [0.1, 0.15) is 39.5 Å². The molecule has 0 bridgehead atoms. The lowest BCUT2D eigenvalue weighted by atomic mass is 9.87. The van der Waals surface area contributed by atoms with Crippen molar-refractivity contribution in [1.29, 1.82) is 0 Å². The molecular weight excluding hydrogens is 206 g/mol. The second-order valence-corrected chi connectivity index (χ2v) is 4.36. The van der Waals surface area contributed by atoms with E-state index in [4.69, 9.17) is 4.74 Å². The van der Waals surface area contributed by atoms with Crippen LogP contribution < -0.4 is 0 Å². The molecule has 0 aromatic rings. The van der Waals surface area contributed by atoms with E-state index in [2.05, 4.69) is 19.2 Å². The Morgan fingerprint density at radius 2 is 2.38 bits per heavy atom. The summed E-state index contributed by atoms with van der Waals surface area (Å²) in [5.41, 5.74) is 2.10. The van der Waals surface area contributed by atoms with Gasteiger partial charge in [-0.2, -0.15) is 0 Å². The minimum absolute atomic E-state index is 0.260. The van der Waals surface area contributed by atoms with E-state index < -0.39 is 5.54 Å². The first-order valence-corrected chi connectivity index (χ1v) is 5.72. The van der Waals surface area contributed by atoms with Crippen molar-refractivity contribution in [2.24, 2.45) is 0 Å². The van der Waals surface area contributed by atoms with Crippen LogP contribution >= 0.6 is 0 Å². The summed E-state index contributed by atoms with van der Waals surface area (Å²) in [5, 5.41) is 11.2. The van der Waals surface area contributed by atoms with Crippen LogP contribution in [0.5, 0.6) is 0 Å². The van der Waals surface area contributed by atoms with Crippen LogP contribution in [0.15, 0.2) is 17.9 Å². The van der Waals surface area contributed by atoms with Gasteiger partial charge in [-0.3, -0.25) is 10.1 Å². The zero-order valence-electron chi connectivity index (χ0n) is 9.99. The Labute approximate surface area is 96.1 Å². The summed E-state index contributed by atoms with van der Waals surface area (Å²) in [7, 11) is 0. The first kappa shape index (κ1) is 12.9. The molecule has 16 heavy (non-hydrogen) atoms. The van der Waals surface area contributed by atoms with Gasteiger partial charge in [-0.15, -0.1) is 5.73 Å². The van der Waals surface area contributed by atoms with E-state index in [-0.39, 0.29) is 17.6 Å². The Hall–Kier alpha value is -1.12. The fraction of sp³-hybridized carbons (Fsp3) is 0.750. The molecule has 1 heterocycles. The third-order valence-corrected chi connectivity index (χ3v) is 3.33. The predicted octanol–water partition coefficient (Wildman–Crippen LogP) is 2.71. The average Bonchev–Trinajstić information content (AvgIpc) is 2.58. The number of hydrogen-bond acceptors (Lipinski definition) is 3. The number of unbranched alkanes of at least 4 members (excludes halogenated alkanes) is 2. The Kier molecular flexibility index (Phi) is 4.27. The van der Waals surface area contributed by atoms with Crippen LogP contribution in [0.2, 0.25) is 0 Å². The molecule has 0 amide bonds. The molecule has 0 unspecified atom stereocenters. The molecule has 4 heteroatoms. The highest BCUT2D eigenvalue weighted by molar-refractivity contribution is 5.21. The Bertz CT molecular complexity index is 320. The van der Waals surface area contributed by atoms with Crippen molar-refractivity contribution in [2.75, 3.05) is 6.61 Å². The first-order chi connectivity index (χ1) is 7.57. The fourth-order valence-corrected chi connectivity index (χ4v) is 2.09. The van der Waals surface area contributed by atoms with Crippen LogP contribution in [0.3, 0.4) is 0 Å². The molecule has 4 nitrogen and oxygen atoms in total. The Morgan fingerprint density at radius 3 is 2.88 bits per heavy atom. The molecule has 1 rings (SSSR count). The standard InChI is InChI=1S/C12H19NO3/c1-4-6-7-8-11-12(3,13(14)15)10(5-2)9-16-11/h11H,2,4,6-9H2,1,3H3/t11-,12+/m1/s1. The SMILES string of the molecule is C=C=C1CO[C@H](CCCCC)[C@@]1(C)[N+](=O)[O-]. The summed E-state index contributed by atoms with van der Waals surface area (Å²) in [6, 6.07) is 0. The van der Waals surface area contributed by atoms with Gasteiger partial charge in [0.2, 0.25) is 0 Å². The highest BCUT2D eigenvalue weighted by atomic mass is 16.6. The van der Waals surface area contributed by atoms with Crippen molar-refractivity contribution >= 4 is 0 Å². The van der Waals surface area contributed by atoms with Gasteiger partial charge in [-0.1, -0.05) is 32.8 Å². The topological polar surface area (TPSA) is 52.4 Å². The lowest BCUT2D eigenvalue weighted by molar-refractivity contribution is -0.560. The molecule has 1 fully saturated rings. The average molecular weight is 225 g/mol. The van der Waals surface area contributed by atoms with Gasteiger partial charge in [0, 0.05) is 11.8 Å². The maximum Gasteiger partial charge on any atom is 0.275 e. The molecule has 0 aromatic heterocycles. The third-order valence-electron chi connectivity index (χ3n) is 3.33. The molecule has 0 aliphatic carbocycles. The van der Waals surface area contributed by atoms with Crippen molar-refractivity contribution in [1.82, 2.24) is 0 Å². The van der Waals surface area contributed by atoms with E-state index in [0.717, 1.165) is 25.7 Å². The minimum Gasteiger partial charge on any atom is -0.365 e. The monoisotopic (exact) mass is 225 g/mol. The van der Waals surface area contributed by atoms with E-state index in [1.807, 2.05) is 0 Å². The molecule has 0 spiro atoms. The number of nitrogens with zero attached hydrogens (tertiary/aromatic N) is 1. The lowest BCUT2D eigenvalue weighted by Crippen LogP contribution is -2.44. The van der Waals surface area contributed by atoms with Crippen molar-refractivity contribution in [2.45, 2.75) is 51.2 Å². The number of rotatable bonds is 5. The fourth-order valence-electron chi connectivity index (χ4n) is 2.09. The van der Waals surface area contributed by atoms with E-state index in [0.29, 0.717) is 5.57 Å². The zero-order valence-corrected chi connectivity index (χ0v) is 9.99. The van der Waals surface area contributed by atoms with Crippen molar-refractivity contribution in [3.63, 3.8) is 0 Å². The number of ether oxygens (including phenoxy) is 1. The first-order valence-electron chi connectivity index (χ1n) is 5.72. The molecule has 1 saturated heterocycles. The molecule has 2 atom stereocenters. The van der Waals surface area contributed by atoms with Gasteiger partial charge in [-0.25, -0.2) is 0 Å². The van der Waals surface area contributed by atoms with Gasteiger partial charge in [0.05, 0.1) is 12.2 Å². The summed E-state index contributed by atoms with van der Waals surface area (Å²) in [5.74, 6) is 0. The van der Waals surface area contributed by atoms with E-state index in [1.165, 1.54) is 0 Å². The second-order valence-electron chi connectivity index (χ2n) is 4.36. The Morgan fingerprint density at radius 1 is 1.69 bits per heavy atom. The van der Waals surface area contributed by atoms with Crippen LogP contribution in [0, 0.1) is 10.1 Å². The van der Waals surface area contributed by atoms with Crippen molar-refractivity contribution in [3.05, 3.63) is 28.0 Å². The quantitative estimate of drug-likeness (QED) is 0.313. The normalized spacial score (nSPS) is 29.1. The largest absolute Gasteiger partial charge is 0.365 e. The molecule has 1 aliphatic rings. The molecule has 0 aromatic carbocycles. The third kappa shape index (κ3) is 2.18. The molecule has 90 valence electrons. The zero-order chi connectivity index (χ0) is 12.2. The van der Waals surface area contributed by atoms with E-state index >= 15 is 0 Å². The maximum absolute atomic E-state index is 11.2. The summed E-state index contributed by atoms with van der Waals surface area (Å²) in [6.45, 7) is 7.52. The highest BCUT2D eigenvalue weighted by Gasteiger charge is 2.54. The summed E-state index contributed by atoms with van der Waals surface area (Å²) in [6.07, 6.45) is 3.55. The van der Waals surface area contributed by atoms with Gasteiger partial charge in [-0.05, 0) is 6.42 Å². The molecule has 0 saturated carbocycles. The Balaban J connectivity index is 2.78. The van der Waals surface area contributed by atoms with Crippen molar-refractivity contribution < 1.29 is 9.66 Å².